The molecule has 1 aromatic heterocycles. The van der Waals surface area contributed by atoms with E-state index in [1.165, 1.54) is 12.8 Å². The van der Waals surface area contributed by atoms with Gasteiger partial charge in [0.2, 0.25) is 0 Å². The van der Waals surface area contributed by atoms with Crippen molar-refractivity contribution in [3.05, 3.63) is 11.6 Å². The Morgan fingerprint density at radius 3 is 2.92 bits per heavy atom. The van der Waals surface area contributed by atoms with Crippen LogP contribution in [0.25, 0.3) is 0 Å². The van der Waals surface area contributed by atoms with Crippen molar-refractivity contribution >= 4 is 16.5 Å². The zero-order valence-corrected chi connectivity index (χ0v) is 8.68. The molecule has 1 aliphatic heterocycles. The predicted octanol–water partition coefficient (Wildman–Crippen LogP) is 1.33. The van der Waals surface area contributed by atoms with Crippen molar-refractivity contribution in [1.29, 1.82) is 0 Å². The van der Waals surface area contributed by atoms with Crippen LogP contribution in [-0.4, -0.2) is 31.2 Å². The number of anilines is 1. The van der Waals surface area contributed by atoms with Crippen LogP contribution in [0.4, 0.5) is 5.13 Å². The second-order valence-corrected chi connectivity index (χ2v) is 4.28. The summed E-state index contributed by atoms with van der Waals surface area (Å²) in [6, 6.07) is 0.674. The molecule has 13 heavy (non-hydrogen) atoms. The van der Waals surface area contributed by atoms with E-state index in [1.54, 1.807) is 11.3 Å². The van der Waals surface area contributed by atoms with Crippen molar-refractivity contribution in [3.63, 3.8) is 0 Å². The lowest BCUT2D eigenvalue weighted by Gasteiger charge is -2.31. The maximum atomic E-state index is 4.32. The fourth-order valence-corrected chi connectivity index (χ4v) is 2.42. The molecule has 3 nitrogen and oxygen atoms in total. The van der Waals surface area contributed by atoms with Crippen molar-refractivity contribution in [2.45, 2.75) is 18.9 Å². The monoisotopic (exact) mass is 197 g/mol. The SMILES string of the molecule is CN(c1nccs1)C1CCNCC1. The van der Waals surface area contributed by atoms with Gasteiger partial charge < -0.3 is 10.2 Å². The summed E-state index contributed by atoms with van der Waals surface area (Å²) in [5, 5.41) is 6.55. The molecule has 72 valence electrons. The molecule has 1 aliphatic rings. The molecule has 1 aromatic rings. The highest BCUT2D eigenvalue weighted by atomic mass is 32.1. The van der Waals surface area contributed by atoms with Gasteiger partial charge in [-0.2, -0.15) is 0 Å². The molecule has 0 radical (unpaired) electrons. The fraction of sp³-hybridized carbons (Fsp3) is 0.667. The Morgan fingerprint density at radius 1 is 1.54 bits per heavy atom. The van der Waals surface area contributed by atoms with Gasteiger partial charge in [0, 0.05) is 24.7 Å². The molecular weight excluding hydrogens is 182 g/mol. The Hall–Kier alpha value is -0.610. The predicted molar refractivity (Wildman–Crippen MR) is 56.4 cm³/mol. The van der Waals surface area contributed by atoms with Crippen LogP contribution in [0.1, 0.15) is 12.8 Å². The van der Waals surface area contributed by atoms with Crippen LogP contribution >= 0.6 is 11.3 Å². The van der Waals surface area contributed by atoms with Crippen LogP contribution in [0.5, 0.6) is 0 Å². The van der Waals surface area contributed by atoms with Crippen molar-refractivity contribution in [2.75, 3.05) is 25.0 Å². The van der Waals surface area contributed by atoms with Crippen molar-refractivity contribution in [3.8, 4) is 0 Å². The number of hydrogen-bond acceptors (Lipinski definition) is 4. The molecule has 0 unspecified atom stereocenters. The standard InChI is InChI=1S/C9H15N3S/c1-12(9-11-6-7-13-9)8-2-4-10-5-3-8/h6-8,10H,2-5H2,1H3. The van der Waals surface area contributed by atoms with E-state index in [-0.39, 0.29) is 0 Å². The van der Waals surface area contributed by atoms with Gasteiger partial charge in [0.1, 0.15) is 0 Å². The van der Waals surface area contributed by atoms with E-state index < -0.39 is 0 Å². The molecule has 0 aromatic carbocycles. The van der Waals surface area contributed by atoms with Gasteiger partial charge in [-0.3, -0.25) is 0 Å². The van der Waals surface area contributed by atoms with E-state index in [9.17, 15) is 0 Å². The molecule has 0 saturated carbocycles. The first kappa shape index (κ1) is 8.97. The van der Waals surface area contributed by atoms with Crippen LogP contribution in [0, 0.1) is 0 Å². The summed E-state index contributed by atoms with van der Waals surface area (Å²) in [6.45, 7) is 2.28. The van der Waals surface area contributed by atoms with Crippen molar-refractivity contribution in [1.82, 2.24) is 10.3 Å². The molecule has 1 fully saturated rings. The molecule has 0 bridgehead atoms. The average molecular weight is 197 g/mol. The Morgan fingerprint density at radius 2 is 2.31 bits per heavy atom. The molecule has 0 atom stereocenters. The molecule has 4 heteroatoms. The van der Waals surface area contributed by atoms with Crippen molar-refractivity contribution < 1.29 is 0 Å². The Bertz CT molecular complexity index is 241. The lowest BCUT2D eigenvalue weighted by molar-refractivity contribution is 0.443. The maximum absolute atomic E-state index is 4.32. The van der Waals surface area contributed by atoms with Crippen LogP contribution in [0.2, 0.25) is 0 Å². The lowest BCUT2D eigenvalue weighted by Crippen LogP contribution is -2.41. The lowest BCUT2D eigenvalue weighted by atomic mass is 10.1. The first-order valence-corrected chi connectivity index (χ1v) is 5.59. The first-order valence-electron chi connectivity index (χ1n) is 4.71. The molecule has 2 heterocycles. The largest absolute Gasteiger partial charge is 0.348 e. The number of rotatable bonds is 2. The number of aromatic nitrogens is 1. The zero-order chi connectivity index (χ0) is 9.10. The third-order valence-corrected chi connectivity index (χ3v) is 3.44. The molecular formula is C9H15N3S. The molecule has 0 amide bonds. The summed E-state index contributed by atoms with van der Waals surface area (Å²) >= 11 is 1.72. The number of hydrogen-bond donors (Lipinski definition) is 1. The quantitative estimate of drug-likeness (QED) is 0.775. The number of nitrogens with one attached hydrogen (secondary N) is 1. The summed E-state index contributed by atoms with van der Waals surface area (Å²) in [5.41, 5.74) is 0. The van der Waals surface area contributed by atoms with E-state index in [0.29, 0.717) is 6.04 Å². The van der Waals surface area contributed by atoms with E-state index in [2.05, 4.69) is 22.2 Å². The number of nitrogens with zero attached hydrogens (tertiary/aromatic N) is 2. The average Bonchev–Trinajstić information content (AvgIpc) is 2.71. The van der Waals surface area contributed by atoms with E-state index >= 15 is 0 Å². The molecule has 1 N–H and O–H groups in total. The topological polar surface area (TPSA) is 28.2 Å². The van der Waals surface area contributed by atoms with Crippen molar-refractivity contribution in [2.24, 2.45) is 0 Å². The van der Waals surface area contributed by atoms with Gasteiger partial charge in [0.05, 0.1) is 0 Å². The molecule has 2 rings (SSSR count). The highest BCUT2D eigenvalue weighted by Crippen LogP contribution is 2.21. The summed E-state index contributed by atoms with van der Waals surface area (Å²) in [7, 11) is 2.15. The third-order valence-electron chi connectivity index (χ3n) is 2.58. The van der Waals surface area contributed by atoms with Crippen LogP contribution in [0.3, 0.4) is 0 Å². The smallest absolute Gasteiger partial charge is 0.185 e. The number of thiazole rings is 1. The van der Waals surface area contributed by atoms with Gasteiger partial charge in [0.25, 0.3) is 0 Å². The summed E-state index contributed by atoms with van der Waals surface area (Å²) in [6.07, 6.45) is 4.34. The fourth-order valence-electron chi connectivity index (χ4n) is 1.74. The minimum Gasteiger partial charge on any atom is -0.348 e. The second kappa shape index (κ2) is 4.07. The van der Waals surface area contributed by atoms with E-state index in [0.717, 1.165) is 18.2 Å². The first-order chi connectivity index (χ1) is 6.38. The summed E-state index contributed by atoms with van der Waals surface area (Å²) < 4.78 is 0. The summed E-state index contributed by atoms with van der Waals surface area (Å²) in [5.74, 6) is 0. The number of piperidine rings is 1. The molecule has 0 spiro atoms. The van der Waals surface area contributed by atoms with Gasteiger partial charge in [-0.25, -0.2) is 4.98 Å². The second-order valence-electron chi connectivity index (χ2n) is 3.41. The normalized spacial score (nSPS) is 18.8. The Balaban J connectivity index is 1.99. The molecule has 1 saturated heterocycles. The van der Waals surface area contributed by atoms with Gasteiger partial charge in [-0.15, -0.1) is 11.3 Å². The van der Waals surface area contributed by atoms with Gasteiger partial charge in [0.15, 0.2) is 5.13 Å². The van der Waals surface area contributed by atoms with Crippen LogP contribution in [0.15, 0.2) is 11.6 Å². The van der Waals surface area contributed by atoms with Crippen LogP contribution < -0.4 is 10.2 Å². The third kappa shape index (κ3) is 2.00. The zero-order valence-electron chi connectivity index (χ0n) is 7.86. The minimum atomic E-state index is 0.674. The molecule has 0 aliphatic carbocycles. The highest BCUT2D eigenvalue weighted by molar-refractivity contribution is 7.13. The Labute approximate surface area is 82.8 Å². The minimum absolute atomic E-state index is 0.674. The Kier molecular flexibility index (Phi) is 2.80. The van der Waals surface area contributed by atoms with Gasteiger partial charge in [-0.1, -0.05) is 0 Å². The van der Waals surface area contributed by atoms with Gasteiger partial charge >= 0.3 is 0 Å². The van der Waals surface area contributed by atoms with E-state index in [1.807, 2.05) is 11.6 Å². The maximum Gasteiger partial charge on any atom is 0.185 e. The van der Waals surface area contributed by atoms with Gasteiger partial charge in [-0.05, 0) is 25.9 Å². The van der Waals surface area contributed by atoms with E-state index in [4.69, 9.17) is 0 Å². The van der Waals surface area contributed by atoms with Crippen LogP contribution in [-0.2, 0) is 0 Å². The summed E-state index contributed by atoms with van der Waals surface area (Å²) in [4.78, 5) is 6.63. The highest BCUT2D eigenvalue weighted by Gasteiger charge is 2.18.